The third kappa shape index (κ3) is 3.35. The Hall–Kier alpha value is -2.80. The van der Waals surface area contributed by atoms with Crippen molar-refractivity contribution in [3.8, 4) is 17.0 Å². The summed E-state index contributed by atoms with van der Waals surface area (Å²) in [5.74, 6) is -0.280. The lowest BCUT2D eigenvalue weighted by Crippen LogP contribution is -2.11. The first-order chi connectivity index (χ1) is 11.2. The predicted octanol–water partition coefficient (Wildman–Crippen LogP) is 3.61. The number of aromatic nitrogens is 2. The van der Waals surface area contributed by atoms with Crippen LogP contribution in [0.3, 0.4) is 0 Å². The number of amides is 1. The van der Waals surface area contributed by atoms with Crippen LogP contribution in [0.5, 0.6) is 5.75 Å². The largest absolute Gasteiger partial charge is 0.497 e. The van der Waals surface area contributed by atoms with Crippen LogP contribution in [-0.2, 0) is 0 Å². The van der Waals surface area contributed by atoms with Gasteiger partial charge in [-0.3, -0.25) is 15.1 Å². The molecule has 3 aromatic rings. The van der Waals surface area contributed by atoms with Crippen LogP contribution < -0.4 is 10.1 Å². The maximum atomic E-state index is 14.0. The van der Waals surface area contributed by atoms with Gasteiger partial charge in [0.25, 0.3) is 5.91 Å². The van der Waals surface area contributed by atoms with E-state index < -0.39 is 5.82 Å². The molecule has 116 valence electrons. The molecule has 1 aromatic carbocycles. The van der Waals surface area contributed by atoms with E-state index >= 15 is 0 Å². The number of anilines is 1. The first-order valence-electron chi connectivity index (χ1n) is 6.68. The Morgan fingerprint density at radius 1 is 1.26 bits per heavy atom. The molecule has 5 nitrogen and oxygen atoms in total. The molecule has 0 spiro atoms. The van der Waals surface area contributed by atoms with Gasteiger partial charge >= 0.3 is 0 Å². The van der Waals surface area contributed by atoms with E-state index in [9.17, 15) is 9.18 Å². The van der Waals surface area contributed by atoms with E-state index in [1.54, 1.807) is 29.6 Å². The Morgan fingerprint density at radius 3 is 2.74 bits per heavy atom. The first-order valence-corrected chi connectivity index (χ1v) is 7.56. The summed E-state index contributed by atoms with van der Waals surface area (Å²) in [6.45, 7) is 0. The number of carbonyl (C=O) groups excluding carboxylic acids is 1. The molecule has 2 heterocycles. The lowest BCUT2D eigenvalue weighted by atomic mass is 10.1. The average molecular weight is 329 g/mol. The third-order valence-corrected chi connectivity index (χ3v) is 3.88. The highest BCUT2D eigenvalue weighted by Crippen LogP contribution is 2.29. The van der Waals surface area contributed by atoms with Crippen LogP contribution in [0.4, 0.5) is 9.52 Å². The molecule has 0 saturated heterocycles. The molecular formula is C16H12FN3O2S. The summed E-state index contributed by atoms with van der Waals surface area (Å²) in [7, 11) is 1.48. The standard InChI is InChI=1S/C16H12FN3O2S/c1-22-11-2-3-12(13(17)8-11)14-9-23-16(19-14)20-15(21)10-4-6-18-7-5-10/h2-9H,1H3,(H,19,20,21). The highest BCUT2D eigenvalue weighted by molar-refractivity contribution is 7.14. The second-order valence-corrected chi connectivity index (χ2v) is 5.43. The van der Waals surface area contributed by atoms with Crippen LogP contribution in [0.25, 0.3) is 11.3 Å². The van der Waals surface area contributed by atoms with E-state index in [0.29, 0.717) is 27.7 Å². The van der Waals surface area contributed by atoms with Crippen LogP contribution in [0, 0.1) is 5.82 Å². The van der Waals surface area contributed by atoms with Gasteiger partial charge < -0.3 is 4.74 Å². The molecule has 0 saturated carbocycles. The van der Waals surface area contributed by atoms with Gasteiger partial charge in [-0.05, 0) is 24.3 Å². The lowest BCUT2D eigenvalue weighted by molar-refractivity contribution is 0.102. The first kappa shape index (κ1) is 15.1. The fourth-order valence-corrected chi connectivity index (χ4v) is 2.66. The van der Waals surface area contributed by atoms with Crippen molar-refractivity contribution in [1.82, 2.24) is 9.97 Å². The second kappa shape index (κ2) is 6.53. The van der Waals surface area contributed by atoms with E-state index in [1.807, 2.05) is 0 Å². The zero-order valence-electron chi connectivity index (χ0n) is 12.1. The number of hydrogen-bond acceptors (Lipinski definition) is 5. The van der Waals surface area contributed by atoms with Crippen LogP contribution in [-0.4, -0.2) is 23.0 Å². The summed E-state index contributed by atoms with van der Waals surface area (Å²) in [6, 6.07) is 7.76. The van der Waals surface area contributed by atoms with Crippen molar-refractivity contribution in [2.45, 2.75) is 0 Å². The topological polar surface area (TPSA) is 64.1 Å². The van der Waals surface area contributed by atoms with Crippen molar-refractivity contribution >= 4 is 22.4 Å². The smallest absolute Gasteiger partial charge is 0.257 e. The number of carbonyl (C=O) groups is 1. The zero-order chi connectivity index (χ0) is 16.2. The van der Waals surface area contributed by atoms with E-state index in [0.717, 1.165) is 0 Å². The summed E-state index contributed by atoms with van der Waals surface area (Å²) in [5, 5.41) is 4.77. The minimum Gasteiger partial charge on any atom is -0.497 e. The van der Waals surface area contributed by atoms with Gasteiger partial charge in [-0.15, -0.1) is 11.3 Å². The highest BCUT2D eigenvalue weighted by Gasteiger charge is 2.13. The SMILES string of the molecule is COc1ccc(-c2csc(NC(=O)c3ccncc3)n2)c(F)c1. The van der Waals surface area contributed by atoms with E-state index in [-0.39, 0.29) is 5.91 Å². The fraction of sp³-hybridized carbons (Fsp3) is 0.0625. The van der Waals surface area contributed by atoms with Gasteiger partial charge in [-0.1, -0.05) is 0 Å². The summed E-state index contributed by atoms with van der Waals surface area (Å²) in [5.41, 5.74) is 1.29. The van der Waals surface area contributed by atoms with Gasteiger partial charge in [0.2, 0.25) is 0 Å². The molecule has 0 bridgehead atoms. The maximum absolute atomic E-state index is 14.0. The Kier molecular flexibility index (Phi) is 4.29. The average Bonchev–Trinajstić information content (AvgIpc) is 3.03. The molecule has 0 aliphatic rings. The molecule has 0 aliphatic carbocycles. The van der Waals surface area contributed by atoms with Crippen LogP contribution in [0.15, 0.2) is 48.1 Å². The number of nitrogens with zero attached hydrogens (tertiary/aromatic N) is 2. The number of benzene rings is 1. The molecule has 0 radical (unpaired) electrons. The Balaban J connectivity index is 1.80. The summed E-state index contributed by atoms with van der Waals surface area (Å²) >= 11 is 1.23. The molecule has 1 amide bonds. The third-order valence-electron chi connectivity index (χ3n) is 3.12. The number of halogens is 1. The number of pyridine rings is 1. The molecule has 7 heteroatoms. The molecule has 1 N–H and O–H groups in total. The van der Waals surface area contributed by atoms with Gasteiger partial charge in [0, 0.05) is 35.0 Å². The minimum atomic E-state index is -0.429. The normalized spacial score (nSPS) is 10.3. The summed E-state index contributed by atoms with van der Waals surface area (Å²) in [4.78, 5) is 20.2. The Bertz CT molecular complexity index is 836. The van der Waals surface area contributed by atoms with Gasteiger partial charge in [0.1, 0.15) is 11.6 Å². The molecule has 3 rings (SSSR count). The number of thiazole rings is 1. The number of hydrogen-bond donors (Lipinski definition) is 1. The molecule has 2 aromatic heterocycles. The van der Waals surface area contributed by atoms with E-state index in [2.05, 4.69) is 15.3 Å². The zero-order valence-corrected chi connectivity index (χ0v) is 12.9. The van der Waals surface area contributed by atoms with Crippen molar-refractivity contribution in [3.63, 3.8) is 0 Å². The van der Waals surface area contributed by atoms with Crippen molar-refractivity contribution in [2.75, 3.05) is 12.4 Å². The molecule has 0 unspecified atom stereocenters. The number of methoxy groups -OCH3 is 1. The Morgan fingerprint density at radius 2 is 2.04 bits per heavy atom. The molecule has 23 heavy (non-hydrogen) atoms. The van der Waals surface area contributed by atoms with Crippen LogP contribution >= 0.6 is 11.3 Å². The lowest BCUT2D eigenvalue weighted by Gasteiger charge is -2.03. The maximum Gasteiger partial charge on any atom is 0.257 e. The van der Waals surface area contributed by atoms with Crippen LogP contribution in [0.2, 0.25) is 0 Å². The van der Waals surface area contributed by atoms with Gasteiger partial charge in [-0.25, -0.2) is 9.37 Å². The predicted molar refractivity (Wildman–Crippen MR) is 86.3 cm³/mol. The molecule has 0 aliphatic heterocycles. The highest BCUT2D eigenvalue weighted by atomic mass is 32.1. The Labute approximate surface area is 135 Å². The van der Waals surface area contributed by atoms with Crippen molar-refractivity contribution in [1.29, 1.82) is 0 Å². The monoisotopic (exact) mass is 329 g/mol. The van der Waals surface area contributed by atoms with Crippen molar-refractivity contribution < 1.29 is 13.9 Å². The molecule has 0 atom stereocenters. The minimum absolute atomic E-state index is 0.288. The van der Waals surface area contributed by atoms with Crippen molar-refractivity contribution in [2.24, 2.45) is 0 Å². The van der Waals surface area contributed by atoms with E-state index in [1.165, 1.54) is 36.9 Å². The number of nitrogens with one attached hydrogen (secondary N) is 1. The molecule has 0 fully saturated rings. The second-order valence-electron chi connectivity index (χ2n) is 4.57. The number of ether oxygens (including phenoxy) is 1. The van der Waals surface area contributed by atoms with Gasteiger partial charge in [0.15, 0.2) is 5.13 Å². The summed E-state index contributed by atoms with van der Waals surface area (Å²) < 4.78 is 19.0. The van der Waals surface area contributed by atoms with E-state index in [4.69, 9.17) is 4.74 Å². The van der Waals surface area contributed by atoms with Crippen LogP contribution in [0.1, 0.15) is 10.4 Å². The van der Waals surface area contributed by atoms with Gasteiger partial charge in [-0.2, -0.15) is 0 Å². The van der Waals surface area contributed by atoms with Crippen molar-refractivity contribution in [3.05, 3.63) is 59.5 Å². The quantitative estimate of drug-likeness (QED) is 0.794. The fourth-order valence-electron chi connectivity index (χ4n) is 1.96. The molecular weight excluding hydrogens is 317 g/mol. The summed E-state index contributed by atoms with van der Waals surface area (Å²) in [6.07, 6.45) is 3.07. The van der Waals surface area contributed by atoms with Gasteiger partial charge in [0.05, 0.1) is 12.8 Å². The number of rotatable bonds is 4.